The largest absolute Gasteiger partial charge is 0.490 e. The highest BCUT2D eigenvalue weighted by Gasteiger charge is 2.25. The van der Waals surface area contributed by atoms with Crippen LogP contribution in [0.3, 0.4) is 0 Å². The maximum atomic E-state index is 12.3. The molecule has 1 heterocycles. The summed E-state index contributed by atoms with van der Waals surface area (Å²) in [6.07, 6.45) is 3.10. The van der Waals surface area contributed by atoms with Gasteiger partial charge in [-0.2, -0.15) is 0 Å². The molecule has 0 radical (unpaired) electrons. The van der Waals surface area contributed by atoms with Crippen molar-refractivity contribution in [3.05, 3.63) is 80.5 Å². The standard InChI is InChI=1S/C22H19ClN2O6/c1-4-8-30-20-16(23)10-14(12-19(20)29-5-2)11-17-22(26)31-21(24-17)15-6-7-18(25(27)28)13(3)9-15/h4,6-7,9-12H,1,5,8H2,2-3H3/b17-11-. The normalized spacial score (nSPS) is 14.2. The summed E-state index contributed by atoms with van der Waals surface area (Å²) in [5.41, 5.74) is 1.49. The second kappa shape index (κ2) is 9.44. The number of carbonyl (C=O) groups is 1. The number of benzene rings is 2. The van der Waals surface area contributed by atoms with Crippen molar-refractivity contribution in [2.45, 2.75) is 13.8 Å². The molecule has 8 nitrogen and oxygen atoms in total. The van der Waals surface area contributed by atoms with Gasteiger partial charge in [-0.05, 0) is 49.8 Å². The SMILES string of the molecule is C=CCOc1c(Cl)cc(/C=C2\N=C(c3ccc([N+](=O)[O-])c(C)c3)OC2=O)cc1OCC. The van der Waals surface area contributed by atoms with E-state index in [9.17, 15) is 14.9 Å². The third-order valence-corrected chi connectivity index (χ3v) is 4.52. The molecule has 0 saturated carbocycles. The van der Waals surface area contributed by atoms with Gasteiger partial charge in [0.05, 0.1) is 16.6 Å². The summed E-state index contributed by atoms with van der Waals surface area (Å²) in [5, 5.41) is 11.3. The number of rotatable bonds is 8. The zero-order valence-corrected chi connectivity index (χ0v) is 17.6. The second-order valence-electron chi connectivity index (χ2n) is 6.46. The van der Waals surface area contributed by atoms with Crippen LogP contribution < -0.4 is 9.47 Å². The van der Waals surface area contributed by atoms with Crippen LogP contribution in [0.25, 0.3) is 6.08 Å². The monoisotopic (exact) mass is 442 g/mol. The van der Waals surface area contributed by atoms with Crippen molar-refractivity contribution in [2.75, 3.05) is 13.2 Å². The van der Waals surface area contributed by atoms with E-state index in [1.54, 1.807) is 31.2 Å². The molecule has 3 rings (SSSR count). The minimum absolute atomic E-state index is 0.0266. The molecule has 0 bridgehead atoms. The Kier molecular flexibility index (Phi) is 6.71. The molecule has 1 aliphatic rings. The minimum atomic E-state index is -0.646. The molecule has 160 valence electrons. The van der Waals surface area contributed by atoms with E-state index < -0.39 is 10.9 Å². The predicted octanol–water partition coefficient (Wildman–Crippen LogP) is 4.86. The van der Waals surface area contributed by atoms with E-state index in [4.69, 9.17) is 25.8 Å². The van der Waals surface area contributed by atoms with E-state index in [0.29, 0.717) is 39.8 Å². The van der Waals surface area contributed by atoms with Crippen molar-refractivity contribution in [2.24, 2.45) is 4.99 Å². The van der Waals surface area contributed by atoms with E-state index in [1.807, 2.05) is 6.92 Å². The van der Waals surface area contributed by atoms with E-state index in [-0.39, 0.29) is 23.9 Å². The molecular formula is C22H19ClN2O6. The first-order chi connectivity index (χ1) is 14.8. The summed E-state index contributed by atoms with van der Waals surface area (Å²) in [6, 6.07) is 7.67. The lowest BCUT2D eigenvalue weighted by atomic mass is 10.1. The molecule has 0 aliphatic carbocycles. The van der Waals surface area contributed by atoms with Gasteiger partial charge >= 0.3 is 5.97 Å². The minimum Gasteiger partial charge on any atom is -0.490 e. The lowest BCUT2D eigenvalue weighted by Crippen LogP contribution is -2.06. The van der Waals surface area contributed by atoms with Crippen LogP contribution in [-0.2, 0) is 9.53 Å². The van der Waals surface area contributed by atoms with Gasteiger partial charge in [0, 0.05) is 17.2 Å². The molecule has 2 aromatic rings. The Morgan fingerprint density at radius 1 is 1.29 bits per heavy atom. The number of nitrogens with zero attached hydrogens (tertiary/aromatic N) is 2. The van der Waals surface area contributed by atoms with E-state index in [2.05, 4.69) is 11.6 Å². The number of ether oxygens (including phenoxy) is 3. The Hall–Kier alpha value is -3.65. The van der Waals surface area contributed by atoms with Gasteiger partial charge in [-0.3, -0.25) is 10.1 Å². The number of hydrogen-bond donors (Lipinski definition) is 0. The number of cyclic esters (lactones) is 1. The highest BCUT2D eigenvalue weighted by Crippen LogP contribution is 2.37. The Balaban J connectivity index is 1.95. The molecule has 0 unspecified atom stereocenters. The molecule has 1 aliphatic heterocycles. The molecule has 0 fully saturated rings. The van der Waals surface area contributed by atoms with Gasteiger partial charge in [0.1, 0.15) is 6.61 Å². The number of aliphatic imine (C=N–C) groups is 1. The maximum Gasteiger partial charge on any atom is 0.363 e. The van der Waals surface area contributed by atoms with Crippen LogP contribution >= 0.6 is 11.6 Å². The Morgan fingerprint density at radius 2 is 2.06 bits per heavy atom. The molecule has 0 amide bonds. The van der Waals surface area contributed by atoms with Gasteiger partial charge in [-0.25, -0.2) is 9.79 Å². The third-order valence-electron chi connectivity index (χ3n) is 4.24. The van der Waals surface area contributed by atoms with Crippen LogP contribution in [0.5, 0.6) is 11.5 Å². The van der Waals surface area contributed by atoms with Crippen LogP contribution in [0, 0.1) is 17.0 Å². The smallest absolute Gasteiger partial charge is 0.363 e. The van der Waals surface area contributed by atoms with Crippen molar-refractivity contribution < 1.29 is 23.9 Å². The van der Waals surface area contributed by atoms with Gasteiger partial charge in [0.2, 0.25) is 5.90 Å². The van der Waals surface area contributed by atoms with Crippen molar-refractivity contribution in [1.82, 2.24) is 0 Å². The molecule has 0 saturated heterocycles. The summed E-state index contributed by atoms with van der Waals surface area (Å²) in [7, 11) is 0. The fourth-order valence-electron chi connectivity index (χ4n) is 2.90. The summed E-state index contributed by atoms with van der Waals surface area (Å²) < 4.78 is 16.4. The van der Waals surface area contributed by atoms with Gasteiger partial charge < -0.3 is 14.2 Å². The number of esters is 1. The average Bonchev–Trinajstić information content (AvgIpc) is 3.07. The van der Waals surface area contributed by atoms with Crippen molar-refractivity contribution in [3.8, 4) is 11.5 Å². The lowest BCUT2D eigenvalue weighted by Gasteiger charge is -2.13. The van der Waals surface area contributed by atoms with Crippen LogP contribution in [0.15, 0.2) is 53.7 Å². The van der Waals surface area contributed by atoms with Crippen LogP contribution in [-0.4, -0.2) is 30.0 Å². The molecule has 9 heteroatoms. The molecule has 0 atom stereocenters. The summed E-state index contributed by atoms with van der Waals surface area (Å²) in [6.45, 7) is 7.69. The second-order valence-corrected chi connectivity index (χ2v) is 6.86. The van der Waals surface area contributed by atoms with E-state index in [0.717, 1.165) is 0 Å². The van der Waals surface area contributed by atoms with E-state index in [1.165, 1.54) is 18.2 Å². The predicted molar refractivity (Wildman–Crippen MR) is 117 cm³/mol. The first-order valence-corrected chi connectivity index (χ1v) is 9.69. The Bertz CT molecular complexity index is 1120. The van der Waals surface area contributed by atoms with Crippen LogP contribution in [0.1, 0.15) is 23.6 Å². The lowest BCUT2D eigenvalue weighted by molar-refractivity contribution is -0.385. The zero-order valence-electron chi connectivity index (χ0n) is 16.9. The number of hydrogen-bond acceptors (Lipinski definition) is 7. The van der Waals surface area contributed by atoms with Crippen LogP contribution in [0.2, 0.25) is 5.02 Å². The maximum absolute atomic E-state index is 12.3. The first kappa shape index (κ1) is 22.0. The van der Waals surface area contributed by atoms with Gasteiger partial charge in [0.15, 0.2) is 17.2 Å². The molecule has 0 N–H and O–H groups in total. The number of nitro benzene ring substituents is 1. The quantitative estimate of drug-likeness (QED) is 0.190. The van der Waals surface area contributed by atoms with Crippen molar-refractivity contribution in [3.63, 3.8) is 0 Å². The topological polar surface area (TPSA) is 100 Å². The number of carbonyl (C=O) groups excluding carboxylic acids is 1. The van der Waals surface area contributed by atoms with Crippen molar-refractivity contribution >= 4 is 35.2 Å². The third kappa shape index (κ3) is 4.92. The summed E-state index contributed by atoms with van der Waals surface area (Å²) in [5.74, 6) is 0.221. The highest BCUT2D eigenvalue weighted by atomic mass is 35.5. The molecule has 31 heavy (non-hydrogen) atoms. The fraction of sp³-hybridized carbons (Fsp3) is 0.182. The summed E-state index contributed by atoms with van der Waals surface area (Å²) >= 11 is 6.33. The average molecular weight is 443 g/mol. The molecule has 2 aromatic carbocycles. The number of nitro groups is 1. The zero-order chi connectivity index (χ0) is 22.5. The van der Waals surface area contributed by atoms with Crippen molar-refractivity contribution in [1.29, 1.82) is 0 Å². The molecular weight excluding hydrogens is 424 g/mol. The van der Waals surface area contributed by atoms with Gasteiger partial charge in [-0.15, -0.1) is 0 Å². The Labute approximate surface area is 183 Å². The Morgan fingerprint density at radius 3 is 2.71 bits per heavy atom. The summed E-state index contributed by atoms with van der Waals surface area (Å²) in [4.78, 5) is 27.1. The van der Waals surface area contributed by atoms with Gasteiger partial charge in [0.25, 0.3) is 5.69 Å². The first-order valence-electron chi connectivity index (χ1n) is 9.32. The number of halogens is 1. The highest BCUT2D eigenvalue weighted by molar-refractivity contribution is 6.32. The van der Waals surface area contributed by atoms with Gasteiger partial charge in [-0.1, -0.05) is 24.3 Å². The van der Waals surface area contributed by atoms with Crippen LogP contribution in [0.4, 0.5) is 5.69 Å². The molecule has 0 aromatic heterocycles. The van der Waals surface area contributed by atoms with E-state index >= 15 is 0 Å². The number of aryl methyl sites for hydroxylation is 1. The fourth-order valence-corrected chi connectivity index (χ4v) is 3.17. The molecule has 0 spiro atoms.